The Balaban J connectivity index is 1.48. The molecule has 2 heterocycles. The molecular formula is C18H29N5O2. The van der Waals surface area contributed by atoms with E-state index in [0.717, 1.165) is 44.9 Å². The van der Waals surface area contributed by atoms with Crippen molar-refractivity contribution in [2.45, 2.75) is 51.0 Å². The van der Waals surface area contributed by atoms with Crippen LogP contribution in [0.2, 0.25) is 0 Å². The monoisotopic (exact) mass is 347 g/mol. The third-order valence-corrected chi connectivity index (χ3v) is 5.76. The lowest BCUT2D eigenvalue weighted by molar-refractivity contribution is -0.125. The van der Waals surface area contributed by atoms with Gasteiger partial charge < -0.3 is 15.5 Å². The van der Waals surface area contributed by atoms with Crippen molar-refractivity contribution in [1.82, 2.24) is 20.9 Å². The smallest absolute Gasteiger partial charge is 0.322 e. The van der Waals surface area contributed by atoms with Crippen molar-refractivity contribution in [3.8, 4) is 0 Å². The molecule has 0 radical (unpaired) electrons. The van der Waals surface area contributed by atoms with E-state index in [1.807, 2.05) is 14.0 Å². The van der Waals surface area contributed by atoms with Crippen molar-refractivity contribution in [3.05, 3.63) is 11.6 Å². The van der Waals surface area contributed by atoms with Gasteiger partial charge in [0, 0.05) is 26.7 Å². The molecule has 3 rings (SSSR count). The first kappa shape index (κ1) is 17.8. The van der Waals surface area contributed by atoms with Crippen LogP contribution in [-0.4, -0.2) is 55.0 Å². The molecule has 0 aromatic carbocycles. The Morgan fingerprint density at radius 1 is 1.40 bits per heavy atom. The SMILES string of the molecule is CN=C(NCCC1=CCCC1)N1CCC(C2(C)NC(=O)NC2=O)CC1. The maximum Gasteiger partial charge on any atom is 0.322 e. The van der Waals surface area contributed by atoms with E-state index in [2.05, 4.69) is 31.9 Å². The molecule has 138 valence electrons. The van der Waals surface area contributed by atoms with Gasteiger partial charge in [0.15, 0.2) is 5.96 Å². The predicted molar refractivity (Wildman–Crippen MR) is 97.3 cm³/mol. The lowest BCUT2D eigenvalue weighted by Gasteiger charge is -2.39. The lowest BCUT2D eigenvalue weighted by Crippen LogP contribution is -2.55. The number of imide groups is 1. The molecule has 1 atom stereocenters. The highest BCUT2D eigenvalue weighted by Gasteiger charge is 2.48. The standard InChI is InChI=1S/C18H29N5O2/c1-18(15(24)21-17(25)22-18)14-8-11-23(12-9-14)16(19-2)20-10-7-13-5-3-4-6-13/h5,14H,3-4,6-12H2,1-2H3,(H,19,20)(H2,21,22,24,25). The van der Waals surface area contributed by atoms with Crippen LogP contribution in [0.5, 0.6) is 0 Å². The molecule has 2 fully saturated rings. The molecule has 0 aromatic rings. The highest BCUT2D eigenvalue weighted by atomic mass is 16.2. The summed E-state index contributed by atoms with van der Waals surface area (Å²) in [6.45, 7) is 4.42. The van der Waals surface area contributed by atoms with E-state index in [4.69, 9.17) is 0 Å². The second-order valence-corrected chi connectivity index (χ2v) is 7.35. The summed E-state index contributed by atoms with van der Waals surface area (Å²) in [5.74, 6) is 0.877. The number of hydrogen-bond acceptors (Lipinski definition) is 3. The quantitative estimate of drug-likeness (QED) is 0.310. The van der Waals surface area contributed by atoms with E-state index >= 15 is 0 Å². The zero-order chi connectivity index (χ0) is 17.9. The van der Waals surface area contributed by atoms with Gasteiger partial charge in [-0.3, -0.25) is 15.1 Å². The van der Waals surface area contributed by atoms with Gasteiger partial charge in [-0.05, 0) is 51.4 Å². The molecule has 0 aromatic heterocycles. The molecule has 0 saturated carbocycles. The molecule has 7 nitrogen and oxygen atoms in total. The predicted octanol–water partition coefficient (Wildman–Crippen LogP) is 1.37. The summed E-state index contributed by atoms with van der Waals surface area (Å²) in [7, 11) is 1.81. The Morgan fingerprint density at radius 3 is 2.72 bits per heavy atom. The number of hydrogen-bond donors (Lipinski definition) is 3. The van der Waals surface area contributed by atoms with Crippen LogP contribution in [0.1, 0.15) is 45.4 Å². The molecule has 3 N–H and O–H groups in total. The summed E-state index contributed by atoms with van der Waals surface area (Å²) >= 11 is 0. The summed E-state index contributed by atoms with van der Waals surface area (Å²) in [5, 5.41) is 8.63. The summed E-state index contributed by atoms with van der Waals surface area (Å²) in [6.07, 6.45) is 8.91. The molecule has 2 saturated heterocycles. The average Bonchev–Trinajstić information content (AvgIpc) is 3.20. The molecule has 1 unspecified atom stereocenters. The molecule has 7 heteroatoms. The molecule has 3 aliphatic rings. The molecule has 2 aliphatic heterocycles. The van der Waals surface area contributed by atoms with Crippen LogP contribution in [-0.2, 0) is 4.79 Å². The molecule has 3 amide bonds. The summed E-state index contributed by atoms with van der Waals surface area (Å²) in [4.78, 5) is 30.2. The number of nitrogens with zero attached hydrogens (tertiary/aromatic N) is 2. The minimum absolute atomic E-state index is 0.150. The van der Waals surface area contributed by atoms with Crippen LogP contribution < -0.4 is 16.0 Å². The maximum absolute atomic E-state index is 12.1. The minimum Gasteiger partial charge on any atom is -0.356 e. The van der Waals surface area contributed by atoms with E-state index in [1.54, 1.807) is 5.57 Å². The van der Waals surface area contributed by atoms with Gasteiger partial charge in [0.1, 0.15) is 5.54 Å². The number of guanidine groups is 1. The van der Waals surface area contributed by atoms with Crippen LogP contribution >= 0.6 is 0 Å². The second-order valence-electron chi connectivity index (χ2n) is 7.35. The van der Waals surface area contributed by atoms with Gasteiger partial charge in [-0.1, -0.05) is 11.6 Å². The summed E-state index contributed by atoms with van der Waals surface area (Å²) in [6, 6.07) is -0.381. The number of carbonyl (C=O) groups is 2. The normalized spacial score (nSPS) is 28.0. The Bertz CT molecular complexity index is 592. The first-order valence-electron chi connectivity index (χ1n) is 9.30. The van der Waals surface area contributed by atoms with E-state index in [-0.39, 0.29) is 17.9 Å². The lowest BCUT2D eigenvalue weighted by atomic mass is 9.79. The van der Waals surface area contributed by atoms with E-state index in [0.29, 0.717) is 0 Å². The zero-order valence-electron chi connectivity index (χ0n) is 15.2. The summed E-state index contributed by atoms with van der Waals surface area (Å²) < 4.78 is 0. The van der Waals surface area contributed by atoms with Crippen molar-refractivity contribution in [1.29, 1.82) is 0 Å². The summed E-state index contributed by atoms with van der Waals surface area (Å²) in [5.41, 5.74) is 0.771. The zero-order valence-corrected chi connectivity index (χ0v) is 15.2. The number of likely N-dealkylation sites (tertiary alicyclic amines) is 1. The molecule has 0 bridgehead atoms. The van der Waals surface area contributed by atoms with Gasteiger partial charge >= 0.3 is 6.03 Å². The largest absolute Gasteiger partial charge is 0.356 e. The first-order valence-corrected chi connectivity index (χ1v) is 9.30. The third-order valence-electron chi connectivity index (χ3n) is 5.76. The Kier molecular flexibility index (Phi) is 5.30. The highest BCUT2D eigenvalue weighted by molar-refractivity contribution is 6.07. The van der Waals surface area contributed by atoms with Gasteiger partial charge in [-0.25, -0.2) is 4.79 Å². The van der Waals surface area contributed by atoms with Crippen LogP contribution in [0.3, 0.4) is 0 Å². The number of nitrogens with one attached hydrogen (secondary N) is 3. The highest BCUT2D eigenvalue weighted by Crippen LogP contribution is 2.30. The Labute approximate surface area is 149 Å². The van der Waals surface area contributed by atoms with Crippen LogP contribution in [0, 0.1) is 5.92 Å². The van der Waals surface area contributed by atoms with Gasteiger partial charge in [-0.15, -0.1) is 0 Å². The van der Waals surface area contributed by atoms with Crippen molar-refractivity contribution in [3.63, 3.8) is 0 Å². The third kappa shape index (κ3) is 3.80. The topological polar surface area (TPSA) is 85.8 Å². The Morgan fingerprint density at radius 2 is 2.16 bits per heavy atom. The van der Waals surface area contributed by atoms with Crippen LogP contribution in [0.15, 0.2) is 16.6 Å². The number of rotatable bonds is 4. The van der Waals surface area contributed by atoms with E-state index < -0.39 is 5.54 Å². The van der Waals surface area contributed by atoms with E-state index in [1.165, 1.54) is 19.3 Å². The number of piperidine rings is 1. The Hall–Kier alpha value is -2.05. The van der Waals surface area contributed by atoms with Crippen molar-refractivity contribution >= 4 is 17.9 Å². The first-order chi connectivity index (χ1) is 12.0. The van der Waals surface area contributed by atoms with Gasteiger partial charge in [0.2, 0.25) is 0 Å². The van der Waals surface area contributed by atoms with Crippen LogP contribution in [0.4, 0.5) is 4.79 Å². The van der Waals surface area contributed by atoms with Gasteiger partial charge in [0.05, 0.1) is 0 Å². The number of urea groups is 1. The van der Waals surface area contributed by atoms with E-state index in [9.17, 15) is 9.59 Å². The van der Waals surface area contributed by atoms with Crippen LogP contribution in [0.25, 0.3) is 0 Å². The fourth-order valence-corrected chi connectivity index (χ4v) is 4.14. The molecule has 1 aliphatic carbocycles. The fraction of sp³-hybridized carbons (Fsp3) is 0.722. The number of carbonyl (C=O) groups excluding carboxylic acids is 2. The second kappa shape index (κ2) is 7.45. The molecule has 0 spiro atoms. The van der Waals surface area contributed by atoms with Gasteiger partial charge in [0.25, 0.3) is 5.91 Å². The van der Waals surface area contributed by atoms with Gasteiger partial charge in [-0.2, -0.15) is 0 Å². The number of allylic oxidation sites excluding steroid dienone is 1. The van der Waals surface area contributed by atoms with Crippen molar-refractivity contribution in [2.24, 2.45) is 10.9 Å². The minimum atomic E-state index is -0.783. The molecule has 25 heavy (non-hydrogen) atoms. The fourth-order valence-electron chi connectivity index (χ4n) is 4.14. The number of aliphatic imine (C=N–C) groups is 1. The number of amides is 3. The maximum atomic E-state index is 12.1. The van der Waals surface area contributed by atoms with Crippen molar-refractivity contribution < 1.29 is 9.59 Å². The molecular weight excluding hydrogens is 318 g/mol. The van der Waals surface area contributed by atoms with Crippen molar-refractivity contribution in [2.75, 3.05) is 26.7 Å². The average molecular weight is 347 g/mol.